The maximum absolute atomic E-state index is 11.9. The first kappa shape index (κ1) is 22.6. The third-order valence-corrected chi connectivity index (χ3v) is 4.64. The molecule has 0 heterocycles. The number of ether oxygens (including phenoxy) is 3. The van der Waals surface area contributed by atoms with Crippen LogP contribution in [0.3, 0.4) is 0 Å². The third kappa shape index (κ3) is 4.32. The number of methoxy groups -OCH3 is 3. The summed E-state index contributed by atoms with van der Waals surface area (Å²) >= 11 is 0. The molecule has 2 aromatic carbocycles. The van der Waals surface area contributed by atoms with E-state index in [4.69, 9.17) is 25.4 Å². The molecule has 0 saturated carbocycles. The van der Waals surface area contributed by atoms with Crippen molar-refractivity contribution in [2.45, 2.75) is 19.8 Å². The molecule has 0 aliphatic heterocycles. The smallest absolute Gasteiger partial charge is 0.284 e. The van der Waals surface area contributed by atoms with Crippen LogP contribution in [0.15, 0.2) is 36.9 Å². The second-order valence-electron chi connectivity index (χ2n) is 6.80. The predicted octanol–water partition coefficient (Wildman–Crippen LogP) is 3.48. The largest absolute Gasteiger partial charge is 0.507 e. The Morgan fingerprint density at radius 2 is 1.73 bits per heavy atom. The van der Waals surface area contributed by atoms with Crippen molar-refractivity contribution in [2.75, 3.05) is 26.2 Å². The van der Waals surface area contributed by atoms with Crippen LogP contribution in [0.5, 0.6) is 23.0 Å². The van der Waals surface area contributed by atoms with E-state index in [0.717, 1.165) is 5.56 Å². The normalized spacial score (nSPS) is 10.5. The Hall–Kier alpha value is -3.68. The van der Waals surface area contributed by atoms with Gasteiger partial charge >= 0.3 is 0 Å². The number of benzene rings is 2. The molecule has 0 aliphatic carbocycles. The van der Waals surface area contributed by atoms with Crippen molar-refractivity contribution < 1.29 is 24.1 Å². The fraction of sp³-hybridized carbons (Fsp3) is 0.273. The first-order chi connectivity index (χ1) is 14.2. The SMILES string of the molecule is C=C(c1cc(C(C)C)c(OC)cc1O)N(C(=N)C(N)=O)c1ccc(OC)cc1OC. The Kier molecular flexibility index (Phi) is 6.94. The van der Waals surface area contributed by atoms with Gasteiger partial charge in [0.25, 0.3) is 5.91 Å². The van der Waals surface area contributed by atoms with Gasteiger partial charge in [0.05, 0.1) is 32.7 Å². The van der Waals surface area contributed by atoms with Crippen LogP contribution in [-0.4, -0.2) is 38.2 Å². The number of anilines is 1. The molecule has 0 radical (unpaired) electrons. The lowest BCUT2D eigenvalue weighted by atomic mass is 9.97. The third-order valence-electron chi connectivity index (χ3n) is 4.64. The summed E-state index contributed by atoms with van der Waals surface area (Å²) in [5.74, 6) is -0.143. The van der Waals surface area contributed by atoms with Gasteiger partial charge in [-0.1, -0.05) is 20.4 Å². The molecule has 0 aromatic heterocycles. The maximum Gasteiger partial charge on any atom is 0.284 e. The Morgan fingerprint density at radius 3 is 2.23 bits per heavy atom. The summed E-state index contributed by atoms with van der Waals surface area (Å²) in [6, 6.07) is 8.08. The van der Waals surface area contributed by atoms with E-state index in [0.29, 0.717) is 28.5 Å². The number of nitrogens with two attached hydrogens (primary N) is 1. The second kappa shape index (κ2) is 9.21. The van der Waals surface area contributed by atoms with Gasteiger partial charge in [-0.25, -0.2) is 0 Å². The van der Waals surface area contributed by atoms with Crippen LogP contribution in [0.1, 0.15) is 30.9 Å². The molecule has 160 valence electrons. The van der Waals surface area contributed by atoms with Crippen LogP contribution in [0.25, 0.3) is 5.70 Å². The van der Waals surface area contributed by atoms with Gasteiger partial charge in [-0.2, -0.15) is 0 Å². The van der Waals surface area contributed by atoms with E-state index >= 15 is 0 Å². The Bertz CT molecular complexity index is 985. The number of amides is 1. The van der Waals surface area contributed by atoms with Gasteiger partial charge < -0.3 is 25.1 Å². The maximum atomic E-state index is 11.9. The lowest BCUT2D eigenvalue weighted by molar-refractivity contribution is -0.112. The zero-order valence-electron chi connectivity index (χ0n) is 17.8. The highest BCUT2D eigenvalue weighted by Gasteiger charge is 2.27. The van der Waals surface area contributed by atoms with Crippen LogP contribution in [0, 0.1) is 5.41 Å². The van der Waals surface area contributed by atoms with Crippen molar-refractivity contribution >= 4 is 23.1 Å². The molecule has 0 unspecified atom stereocenters. The number of phenolic OH excluding ortho intramolecular Hbond substituents is 1. The Labute approximate surface area is 176 Å². The van der Waals surface area contributed by atoms with Crippen LogP contribution in [0.2, 0.25) is 0 Å². The van der Waals surface area contributed by atoms with Crippen LogP contribution >= 0.6 is 0 Å². The molecule has 0 fully saturated rings. The number of hydrogen-bond acceptors (Lipinski definition) is 6. The number of amidine groups is 1. The lowest BCUT2D eigenvalue weighted by Crippen LogP contribution is -2.38. The Morgan fingerprint density at radius 1 is 1.10 bits per heavy atom. The zero-order valence-corrected chi connectivity index (χ0v) is 17.8. The van der Waals surface area contributed by atoms with Crippen LogP contribution in [-0.2, 0) is 4.79 Å². The minimum Gasteiger partial charge on any atom is -0.507 e. The van der Waals surface area contributed by atoms with Crippen molar-refractivity contribution in [3.8, 4) is 23.0 Å². The van der Waals surface area contributed by atoms with E-state index in [2.05, 4.69) is 6.58 Å². The van der Waals surface area contributed by atoms with Gasteiger partial charge in [-0.3, -0.25) is 15.1 Å². The summed E-state index contributed by atoms with van der Waals surface area (Å²) in [5.41, 5.74) is 7.07. The monoisotopic (exact) mass is 413 g/mol. The minimum absolute atomic E-state index is 0.0895. The van der Waals surface area contributed by atoms with Gasteiger partial charge in [0.2, 0.25) is 0 Å². The highest BCUT2D eigenvalue weighted by Crippen LogP contribution is 2.41. The fourth-order valence-electron chi connectivity index (χ4n) is 3.05. The Balaban J connectivity index is 2.71. The van der Waals surface area contributed by atoms with Gasteiger partial charge in [0, 0.05) is 17.7 Å². The first-order valence-corrected chi connectivity index (χ1v) is 9.16. The van der Waals surface area contributed by atoms with Crippen molar-refractivity contribution in [1.29, 1.82) is 5.41 Å². The zero-order chi connectivity index (χ0) is 22.6. The van der Waals surface area contributed by atoms with Gasteiger partial charge in [-0.15, -0.1) is 0 Å². The average molecular weight is 413 g/mol. The van der Waals surface area contributed by atoms with E-state index in [9.17, 15) is 9.90 Å². The molecule has 2 aromatic rings. The molecule has 2 rings (SSSR count). The molecule has 8 heteroatoms. The summed E-state index contributed by atoms with van der Waals surface area (Å²) < 4.78 is 16.0. The topological polar surface area (TPSA) is 118 Å². The van der Waals surface area contributed by atoms with Gasteiger partial charge in [0.15, 0.2) is 5.84 Å². The highest BCUT2D eigenvalue weighted by atomic mass is 16.5. The minimum atomic E-state index is -0.967. The number of primary amides is 1. The second-order valence-corrected chi connectivity index (χ2v) is 6.80. The van der Waals surface area contributed by atoms with Gasteiger partial charge in [-0.05, 0) is 29.7 Å². The van der Waals surface area contributed by atoms with Crippen LogP contribution < -0.4 is 24.8 Å². The number of carbonyl (C=O) groups excluding carboxylic acids is 1. The number of rotatable bonds is 7. The van der Waals surface area contributed by atoms with Crippen molar-refractivity contribution in [3.05, 3.63) is 48.0 Å². The number of hydrogen-bond donors (Lipinski definition) is 3. The van der Waals surface area contributed by atoms with Crippen molar-refractivity contribution in [1.82, 2.24) is 0 Å². The molecule has 1 amide bonds. The summed E-state index contributed by atoms with van der Waals surface area (Å²) in [4.78, 5) is 13.1. The molecule has 8 nitrogen and oxygen atoms in total. The molecule has 4 N–H and O–H groups in total. The van der Waals surface area contributed by atoms with E-state index in [1.807, 2.05) is 13.8 Å². The summed E-state index contributed by atoms with van der Waals surface area (Å²) in [6.07, 6.45) is 0. The quantitative estimate of drug-likeness (QED) is 0.472. The standard InChI is InChI=1S/C22H27N3O5/c1-12(2)15-10-16(18(26)11-19(15)29-5)13(3)25(21(23)22(24)27)17-8-7-14(28-4)9-20(17)30-6/h7-12,23,26H,3H2,1-2,4-6H3,(H2,24,27). The molecule has 0 spiro atoms. The molecule has 0 atom stereocenters. The summed E-state index contributed by atoms with van der Waals surface area (Å²) in [5, 5.41) is 18.9. The lowest BCUT2D eigenvalue weighted by Gasteiger charge is -2.28. The van der Waals surface area contributed by atoms with Gasteiger partial charge in [0.1, 0.15) is 23.0 Å². The number of phenols is 1. The van der Waals surface area contributed by atoms with E-state index in [1.54, 1.807) is 24.3 Å². The molecular weight excluding hydrogens is 386 g/mol. The highest BCUT2D eigenvalue weighted by molar-refractivity contribution is 6.44. The van der Waals surface area contributed by atoms with E-state index in [1.165, 1.54) is 32.3 Å². The van der Waals surface area contributed by atoms with Crippen LogP contribution in [0.4, 0.5) is 5.69 Å². The van der Waals surface area contributed by atoms with Crippen molar-refractivity contribution in [3.63, 3.8) is 0 Å². The molecule has 0 bridgehead atoms. The molecule has 0 aliphatic rings. The summed E-state index contributed by atoms with van der Waals surface area (Å²) in [6.45, 7) is 8.00. The number of nitrogens with one attached hydrogen (secondary N) is 1. The molecule has 0 saturated heterocycles. The molecule has 30 heavy (non-hydrogen) atoms. The molecular formula is C22H27N3O5. The van der Waals surface area contributed by atoms with E-state index < -0.39 is 11.7 Å². The van der Waals surface area contributed by atoms with Crippen molar-refractivity contribution in [2.24, 2.45) is 5.73 Å². The number of nitrogens with zero attached hydrogens (tertiary/aromatic N) is 1. The number of aromatic hydroxyl groups is 1. The predicted molar refractivity (Wildman–Crippen MR) is 117 cm³/mol. The summed E-state index contributed by atoms with van der Waals surface area (Å²) in [7, 11) is 4.49. The first-order valence-electron chi connectivity index (χ1n) is 9.16. The fourth-order valence-corrected chi connectivity index (χ4v) is 3.05. The number of carbonyl (C=O) groups is 1. The van der Waals surface area contributed by atoms with E-state index in [-0.39, 0.29) is 17.4 Å². The average Bonchev–Trinajstić information content (AvgIpc) is 2.73.